The maximum Gasteiger partial charge on any atom is 0.339 e. The van der Waals surface area contributed by atoms with Gasteiger partial charge in [0.2, 0.25) is 5.91 Å². The largest absolute Gasteiger partial charge is 0.497 e. The highest BCUT2D eigenvalue weighted by molar-refractivity contribution is 5.91. The normalized spacial score (nSPS) is 10.9. The Morgan fingerprint density at radius 3 is 2.83 bits per heavy atom. The van der Waals surface area contributed by atoms with E-state index in [4.69, 9.17) is 9.15 Å². The van der Waals surface area contributed by atoms with Gasteiger partial charge in [0.1, 0.15) is 11.3 Å². The van der Waals surface area contributed by atoms with Crippen LogP contribution < -0.4 is 15.7 Å². The van der Waals surface area contributed by atoms with Crippen LogP contribution in [0.25, 0.3) is 16.7 Å². The summed E-state index contributed by atoms with van der Waals surface area (Å²) in [5.74, 6) is 0.441. The Morgan fingerprint density at radius 1 is 1.20 bits per heavy atom. The van der Waals surface area contributed by atoms with E-state index in [2.05, 4.69) is 10.4 Å². The monoisotopic (exact) mass is 403 g/mol. The zero-order valence-electron chi connectivity index (χ0n) is 16.7. The molecule has 0 saturated carbocycles. The smallest absolute Gasteiger partial charge is 0.339 e. The number of nitrogens with zero attached hydrogens (tertiary/aromatic N) is 2. The second kappa shape index (κ2) is 8.24. The molecule has 1 amide bonds. The Bertz CT molecular complexity index is 1260. The molecule has 0 aliphatic heterocycles. The molecule has 1 N–H and O–H groups in total. The van der Waals surface area contributed by atoms with Gasteiger partial charge in [0, 0.05) is 41.5 Å². The molecule has 4 aromatic rings. The van der Waals surface area contributed by atoms with Crippen molar-refractivity contribution in [3.63, 3.8) is 0 Å². The van der Waals surface area contributed by atoms with Crippen molar-refractivity contribution in [3.05, 3.63) is 82.5 Å². The van der Waals surface area contributed by atoms with E-state index in [1.807, 2.05) is 55.6 Å². The van der Waals surface area contributed by atoms with Crippen LogP contribution in [0, 0.1) is 6.92 Å². The van der Waals surface area contributed by atoms with Crippen molar-refractivity contribution in [1.82, 2.24) is 9.78 Å². The maximum atomic E-state index is 12.5. The molecule has 0 atom stereocenters. The molecule has 7 heteroatoms. The van der Waals surface area contributed by atoms with Gasteiger partial charge in [0.15, 0.2) is 0 Å². The number of fused-ring (bicyclic) bond motifs is 1. The van der Waals surface area contributed by atoms with E-state index in [0.717, 1.165) is 16.6 Å². The lowest BCUT2D eigenvalue weighted by Crippen LogP contribution is -2.16. The van der Waals surface area contributed by atoms with Crippen LogP contribution in [0.15, 0.2) is 70.1 Å². The van der Waals surface area contributed by atoms with Crippen LogP contribution in [0.4, 0.5) is 5.69 Å². The third-order valence-corrected chi connectivity index (χ3v) is 5.00. The van der Waals surface area contributed by atoms with Crippen LogP contribution in [-0.2, 0) is 11.2 Å². The van der Waals surface area contributed by atoms with Gasteiger partial charge in [-0.25, -0.2) is 9.48 Å². The molecule has 2 aromatic heterocycles. The topological polar surface area (TPSA) is 86.4 Å². The van der Waals surface area contributed by atoms with Gasteiger partial charge in [-0.3, -0.25) is 4.79 Å². The average Bonchev–Trinajstić information content (AvgIpc) is 3.28. The van der Waals surface area contributed by atoms with E-state index in [1.165, 1.54) is 0 Å². The number of hydrogen-bond acceptors (Lipinski definition) is 5. The van der Waals surface area contributed by atoms with Gasteiger partial charge in [-0.15, -0.1) is 0 Å². The van der Waals surface area contributed by atoms with Gasteiger partial charge in [0.05, 0.1) is 12.8 Å². The highest BCUT2D eigenvalue weighted by atomic mass is 16.5. The summed E-state index contributed by atoms with van der Waals surface area (Å²) in [5.41, 5.74) is 2.88. The molecule has 0 unspecified atom stereocenters. The quantitative estimate of drug-likeness (QED) is 0.494. The van der Waals surface area contributed by atoms with Crippen molar-refractivity contribution >= 4 is 22.6 Å². The van der Waals surface area contributed by atoms with Crippen LogP contribution in [0.5, 0.6) is 5.75 Å². The number of carbonyl (C=O) groups is 1. The molecule has 0 fully saturated rings. The van der Waals surface area contributed by atoms with E-state index in [9.17, 15) is 9.59 Å². The molecule has 2 heterocycles. The fourth-order valence-corrected chi connectivity index (χ4v) is 3.40. The number of nitrogens with one attached hydrogen (secondary N) is 1. The van der Waals surface area contributed by atoms with Gasteiger partial charge in [-0.2, -0.15) is 5.10 Å². The van der Waals surface area contributed by atoms with Crippen LogP contribution in [0.3, 0.4) is 0 Å². The van der Waals surface area contributed by atoms with Crippen molar-refractivity contribution in [2.45, 2.75) is 19.8 Å². The van der Waals surface area contributed by atoms with E-state index in [0.29, 0.717) is 29.0 Å². The lowest BCUT2D eigenvalue weighted by atomic mass is 10.0. The number of anilines is 1. The molecule has 7 nitrogen and oxygen atoms in total. The van der Waals surface area contributed by atoms with Gasteiger partial charge in [-0.05, 0) is 55.3 Å². The Hall–Kier alpha value is -3.87. The van der Waals surface area contributed by atoms with Crippen molar-refractivity contribution in [3.8, 4) is 11.4 Å². The number of methoxy groups -OCH3 is 1. The molecule has 0 bridgehead atoms. The number of hydrogen-bond donors (Lipinski definition) is 1. The van der Waals surface area contributed by atoms with Gasteiger partial charge in [-0.1, -0.05) is 6.07 Å². The maximum absolute atomic E-state index is 12.5. The summed E-state index contributed by atoms with van der Waals surface area (Å²) in [6.45, 7) is 1.87. The molecular formula is C23H21N3O4. The average molecular weight is 403 g/mol. The van der Waals surface area contributed by atoms with E-state index in [-0.39, 0.29) is 12.3 Å². The molecule has 0 spiro atoms. The Morgan fingerprint density at radius 2 is 2.07 bits per heavy atom. The summed E-state index contributed by atoms with van der Waals surface area (Å²) >= 11 is 0. The van der Waals surface area contributed by atoms with Gasteiger partial charge >= 0.3 is 5.63 Å². The van der Waals surface area contributed by atoms with Crippen LogP contribution in [0.1, 0.15) is 17.5 Å². The number of ether oxygens (including phenoxy) is 1. The van der Waals surface area contributed by atoms with Crippen LogP contribution in [-0.4, -0.2) is 22.8 Å². The summed E-state index contributed by atoms with van der Waals surface area (Å²) in [6.07, 6.45) is 3.98. The van der Waals surface area contributed by atoms with Crippen molar-refractivity contribution in [2.75, 3.05) is 12.4 Å². The molecule has 0 saturated heterocycles. The highest BCUT2D eigenvalue weighted by Crippen LogP contribution is 2.24. The molecule has 4 rings (SSSR count). The third-order valence-electron chi connectivity index (χ3n) is 5.00. The Kier molecular flexibility index (Phi) is 5.34. The minimum atomic E-state index is -0.429. The minimum Gasteiger partial charge on any atom is -0.497 e. The number of rotatable bonds is 6. The number of benzene rings is 2. The minimum absolute atomic E-state index is 0.166. The fraction of sp³-hybridized carbons (Fsp3) is 0.174. The first kappa shape index (κ1) is 19.4. The number of aryl methyl sites for hydroxylation is 1. The van der Waals surface area contributed by atoms with Gasteiger partial charge < -0.3 is 14.5 Å². The standard InChI is InChI=1S/C23H21N3O4/c1-15-19-8-7-18(29-2)14-21(19)30-23(28)20(15)9-10-22(27)25-16-5-3-6-17(13-16)26-12-4-11-24-26/h3-8,11-14H,9-10H2,1-2H3,(H,25,27). The fourth-order valence-electron chi connectivity index (χ4n) is 3.40. The summed E-state index contributed by atoms with van der Waals surface area (Å²) in [5, 5.41) is 7.90. The predicted molar refractivity (Wildman–Crippen MR) is 114 cm³/mol. The molecule has 30 heavy (non-hydrogen) atoms. The first-order valence-corrected chi connectivity index (χ1v) is 9.55. The second-order valence-corrected chi connectivity index (χ2v) is 6.90. The van der Waals surface area contributed by atoms with E-state index in [1.54, 1.807) is 24.1 Å². The molecule has 0 aliphatic carbocycles. The predicted octanol–water partition coefficient (Wildman–Crippen LogP) is 3.87. The third kappa shape index (κ3) is 3.96. The van der Waals surface area contributed by atoms with Crippen LogP contribution in [0.2, 0.25) is 0 Å². The van der Waals surface area contributed by atoms with E-state index >= 15 is 0 Å². The van der Waals surface area contributed by atoms with Crippen molar-refractivity contribution < 1.29 is 13.9 Å². The van der Waals surface area contributed by atoms with Crippen LogP contribution >= 0.6 is 0 Å². The SMILES string of the molecule is COc1ccc2c(C)c(CCC(=O)Nc3cccc(-n4cccn4)c3)c(=O)oc2c1. The Labute approximate surface area is 172 Å². The van der Waals surface area contributed by atoms with E-state index < -0.39 is 5.63 Å². The van der Waals surface area contributed by atoms with Crippen molar-refractivity contribution in [1.29, 1.82) is 0 Å². The number of carbonyl (C=O) groups excluding carboxylic acids is 1. The molecule has 0 aliphatic rings. The zero-order valence-corrected chi connectivity index (χ0v) is 16.7. The summed E-state index contributed by atoms with van der Waals surface area (Å²) in [6, 6.07) is 14.6. The molecule has 0 radical (unpaired) electrons. The summed E-state index contributed by atoms with van der Waals surface area (Å²) in [4.78, 5) is 24.9. The summed E-state index contributed by atoms with van der Waals surface area (Å²) in [7, 11) is 1.56. The zero-order chi connectivity index (χ0) is 21.1. The molecular weight excluding hydrogens is 382 g/mol. The molecule has 152 valence electrons. The molecule has 2 aromatic carbocycles. The number of amides is 1. The summed E-state index contributed by atoms with van der Waals surface area (Å²) < 4.78 is 12.3. The second-order valence-electron chi connectivity index (χ2n) is 6.90. The highest BCUT2D eigenvalue weighted by Gasteiger charge is 2.14. The first-order chi connectivity index (χ1) is 14.5. The lowest BCUT2D eigenvalue weighted by molar-refractivity contribution is -0.116. The number of aromatic nitrogens is 2. The first-order valence-electron chi connectivity index (χ1n) is 9.55. The van der Waals surface area contributed by atoms with Crippen molar-refractivity contribution in [2.24, 2.45) is 0 Å². The van der Waals surface area contributed by atoms with Gasteiger partial charge in [0.25, 0.3) is 0 Å². The lowest BCUT2D eigenvalue weighted by Gasteiger charge is -2.10. The Balaban J connectivity index is 1.48.